The molecule has 5 nitrogen and oxygen atoms in total. The number of nitrogens with one attached hydrogen (secondary N) is 1. The first-order valence-electron chi connectivity index (χ1n) is 8.52. The van der Waals surface area contributed by atoms with E-state index in [1.165, 1.54) is 0 Å². The van der Waals surface area contributed by atoms with E-state index in [0.717, 1.165) is 19.4 Å². The number of piperidine rings is 1. The van der Waals surface area contributed by atoms with Crippen LogP contribution in [0.1, 0.15) is 19.8 Å². The maximum atomic E-state index is 12.6. The van der Waals surface area contributed by atoms with Gasteiger partial charge in [0, 0.05) is 20.0 Å². The first-order valence-corrected chi connectivity index (χ1v) is 8.52. The van der Waals surface area contributed by atoms with Crippen molar-refractivity contribution in [2.45, 2.75) is 19.8 Å². The topological polar surface area (TPSA) is 58.6 Å². The van der Waals surface area contributed by atoms with Gasteiger partial charge in [0.1, 0.15) is 5.75 Å². The highest BCUT2D eigenvalue weighted by Gasteiger charge is 2.27. The second-order valence-corrected chi connectivity index (χ2v) is 6.20. The van der Waals surface area contributed by atoms with Gasteiger partial charge in [-0.15, -0.1) is 0 Å². The van der Waals surface area contributed by atoms with Gasteiger partial charge in [-0.05, 0) is 37.1 Å². The molecule has 1 fully saturated rings. The quantitative estimate of drug-likeness (QED) is 0.925. The van der Waals surface area contributed by atoms with Crippen molar-refractivity contribution in [1.82, 2.24) is 4.90 Å². The maximum Gasteiger partial charge on any atom is 0.229 e. The van der Waals surface area contributed by atoms with Crippen LogP contribution in [-0.4, -0.2) is 29.8 Å². The summed E-state index contributed by atoms with van der Waals surface area (Å²) >= 11 is 0. The fourth-order valence-corrected chi connectivity index (χ4v) is 2.99. The monoisotopic (exact) mass is 338 g/mol. The number of rotatable bonds is 4. The lowest BCUT2D eigenvalue weighted by Gasteiger charge is -2.31. The molecular weight excluding hydrogens is 316 g/mol. The highest BCUT2D eigenvalue weighted by atomic mass is 16.5. The number of ether oxygens (including phenoxy) is 1. The lowest BCUT2D eigenvalue weighted by molar-refractivity contribution is -0.132. The second kappa shape index (κ2) is 7.83. The molecule has 1 unspecified atom stereocenters. The summed E-state index contributed by atoms with van der Waals surface area (Å²) in [5.41, 5.74) is 0.635. The van der Waals surface area contributed by atoms with Crippen LogP contribution in [0.4, 0.5) is 5.69 Å². The average Bonchev–Trinajstić information content (AvgIpc) is 2.64. The lowest BCUT2D eigenvalue weighted by Crippen LogP contribution is -2.42. The van der Waals surface area contributed by atoms with Crippen molar-refractivity contribution in [3.05, 3.63) is 54.6 Å². The number of hydrogen-bond donors (Lipinski definition) is 1. The molecule has 0 aromatic heterocycles. The van der Waals surface area contributed by atoms with E-state index >= 15 is 0 Å². The predicted molar refractivity (Wildman–Crippen MR) is 96.6 cm³/mol. The number of nitrogens with zero attached hydrogens (tertiary/aromatic N) is 1. The Balaban J connectivity index is 1.70. The number of likely N-dealkylation sites (tertiary alicyclic amines) is 1. The molecule has 1 saturated heterocycles. The number of benzene rings is 2. The molecule has 130 valence electrons. The fourth-order valence-electron chi connectivity index (χ4n) is 2.99. The van der Waals surface area contributed by atoms with Gasteiger partial charge in [-0.25, -0.2) is 0 Å². The molecule has 2 aromatic rings. The summed E-state index contributed by atoms with van der Waals surface area (Å²) in [7, 11) is 0. The average molecular weight is 338 g/mol. The molecule has 0 bridgehead atoms. The summed E-state index contributed by atoms with van der Waals surface area (Å²) in [5, 5.41) is 2.96. The van der Waals surface area contributed by atoms with E-state index < -0.39 is 0 Å². The zero-order valence-corrected chi connectivity index (χ0v) is 14.3. The molecule has 3 rings (SSSR count). The summed E-state index contributed by atoms with van der Waals surface area (Å²) < 4.78 is 5.88. The Morgan fingerprint density at radius 3 is 2.56 bits per heavy atom. The van der Waals surface area contributed by atoms with Crippen molar-refractivity contribution in [3.8, 4) is 11.5 Å². The third-order valence-corrected chi connectivity index (χ3v) is 4.35. The molecule has 5 heteroatoms. The Kier molecular flexibility index (Phi) is 5.33. The van der Waals surface area contributed by atoms with Crippen molar-refractivity contribution < 1.29 is 14.3 Å². The van der Waals surface area contributed by atoms with Crippen LogP contribution in [-0.2, 0) is 9.59 Å². The van der Waals surface area contributed by atoms with Crippen LogP contribution in [0.25, 0.3) is 0 Å². The smallest absolute Gasteiger partial charge is 0.229 e. The van der Waals surface area contributed by atoms with Crippen LogP contribution >= 0.6 is 0 Å². The molecule has 0 radical (unpaired) electrons. The van der Waals surface area contributed by atoms with Crippen LogP contribution in [0.2, 0.25) is 0 Å². The summed E-state index contributed by atoms with van der Waals surface area (Å²) in [4.78, 5) is 25.9. The predicted octanol–water partition coefficient (Wildman–Crippen LogP) is 3.68. The minimum absolute atomic E-state index is 0.0188. The van der Waals surface area contributed by atoms with Crippen molar-refractivity contribution in [2.75, 3.05) is 18.4 Å². The standard InChI is InChI=1S/C20H22N2O3/c1-15(23)22-13-7-8-16(14-22)20(24)21-18-11-5-6-12-19(18)25-17-9-3-2-4-10-17/h2-6,9-12,16H,7-8,13-14H2,1H3,(H,21,24). The Labute approximate surface area is 147 Å². The summed E-state index contributed by atoms with van der Waals surface area (Å²) in [6.07, 6.45) is 1.64. The molecule has 0 aliphatic carbocycles. The number of carbonyl (C=O) groups excluding carboxylic acids is 2. The third kappa shape index (κ3) is 4.38. The van der Waals surface area contributed by atoms with Gasteiger partial charge in [0.15, 0.2) is 5.75 Å². The Hall–Kier alpha value is -2.82. The maximum absolute atomic E-state index is 12.6. The number of amides is 2. The van der Waals surface area contributed by atoms with Crippen LogP contribution in [0.3, 0.4) is 0 Å². The zero-order valence-electron chi connectivity index (χ0n) is 14.3. The SMILES string of the molecule is CC(=O)N1CCCC(C(=O)Nc2ccccc2Oc2ccccc2)C1. The summed E-state index contributed by atoms with van der Waals surface area (Å²) in [6, 6.07) is 16.8. The molecule has 0 spiro atoms. The van der Waals surface area contributed by atoms with E-state index in [1.54, 1.807) is 11.8 Å². The highest BCUT2D eigenvalue weighted by molar-refractivity contribution is 5.94. The van der Waals surface area contributed by atoms with Gasteiger partial charge < -0.3 is 15.0 Å². The van der Waals surface area contributed by atoms with Crippen LogP contribution < -0.4 is 10.1 Å². The van der Waals surface area contributed by atoms with Gasteiger partial charge in [-0.2, -0.15) is 0 Å². The highest BCUT2D eigenvalue weighted by Crippen LogP contribution is 2.30. The molecule has 1 atom stereocenters. The molecule has 1 aliphatic heterocycles. The number of hydrogen-bond acceptors (Lipinski definition) is 3. The van der Waals surface area contributed by atoms with Gasteiger partial charge in [0.05, 0.1) is 11.6 Å². The third-order valence-electron chi connectivity index (χ3n) is 4.35. The van der Waals surface area contributed by atoms with E-state index in [0.29, 0.717) is 23.7 Å². The van der Waals surface area contributed by atoms with Crippen molar-refractivity contribution in [1.29, 1.82) is 0 Å². The molecule has 2 aromatic carbocycles. The normalized spacial score (nSPS) is 17.0. The largest absolute Gasteiger partial charge is 0.455 e. The molecule has 2 amide bonds. The Bertz CT molecular complexity index is 746. The van der Waals surface area contributed by atoms with E-state index in [-0.39, 0.29) is 17.7 Å². The van der Waals surface area contributed by atoms with E-state index in [1.807, 2.05) is 54.6 Å². The first-order chi connectivity index (χ1) is 12.1. The molecule has 1 N–H and O–H groups in total. The van der Waals surface area contributed by atoms with Crippen LogP contribution in [0.15, 0.2) is 54.6 Å². The van der Waals surface area contributed by atoms with Gasteiger partial charge >= 0.3 is 0 Å². The number of anilines is 1. The molecule has 0 saturated carbocycles. The molecular formula is C20H22N2O3. The number of carbonyl (C=O) groups is 2. The van der Waals surface area contributed by atoms with E-state index in [4.69, 9.17) is 4.74 Å². The van der Waals surface area contributed by atoms with E-state index in [2.05, 4.69) is 5.32 Å². The number of para-hydroxylation sites is 3. The lowest BCUT2D eigenvalue weighted by atomic mass is 9.97. The minimum atomic E-state index is -0.192. The minimum Gasteiger partial charge on any atom is -0.455 e. The van der Waals surface area contributed by atoms with Crippen LogP contribution in [0, 0.1) is 5.92 Å². The van der Waals surface area contributed by atoms with Gasteiger partial charge in [0.25, 0.3) is 0 Å². The van der Waals surface area contributed by atoms with Crippen LogP contribution in [0.5, 0.6) is 11.5 Å². The molecule has 1 aliphatic rings. The van der Waals surface area contributed by atoms with Gasteiger partial charge in [0.2, 0.25) is 11.8 Å². The van der Waals surface area contributed by atoms with Crippen molar-refractivity contribution >= 4 is 17.5 Å². The Morgan fingerprint density at radius 2 is 1.80 bits per heavy atom. The Morgan fingerprint density at radius 1 is 1.08 bits per heavy atom. The fraction of sp³-hybridized carbons (Fsp3) is 0.300. The van der Waals surface area contributed by atoms with Crippen molar-refractivity contribution in [3.63, 3.8) is 0 Å². The summed E-state index contributed by atoms with van der Waals surface area (Å²) in [5.74, 6) is 1.06. The van der Waals surface area contributed by atoms with Crippen molar-refractivity contribution in [2.24, 2.45) is 5.92 Å². The second-order valence-electron chi connectivity index (χ2n) is 6.20. The summed E-state index contributed by atoms with van der Waals surface area (Å²) in [6.45, 7) is 2.75. The molecule has 1 heterocycles. The van der Waals surface area contributed by atoms with E-state index in [9.17, 15) is 9.59 Å². The van der Waals surface area contributed by atoms with Gasteiger partial charge in [-0.3, -0.25) is 9.59 Å². The first kappa shape index (κ1) is 17.0. The molecule has 25 heavy (non-hydrogen) atoms. The zero-order chi connectivity index (χ0) is 17.6. The van der Waals surface area contributed by atoms with Gasteiger partial charge in [-0.1, -0.05) is 30.3 Å².